The van der Waals surface area contributed by atoms with Crippen LogP contribution in [0.2, 0.25) is 0 Å². The van der Waals surface area contributed by atoms with Crippen molar-refractivity contribution in [3.05, 3.63) is 83.1 Å². The van der Waals surface area contributed by atoms with Crippen LogP contribution in [0.15, 0.2) is 77.0 Å². The van der Waals surface area contributed by atoms with Gasteiger partial charge < -0.3 is 24.8 Å². The van der Waals surface area contributed by atoms with E-state index in [0.717, 1.165) is 16.3 Å². The highest BCUT2D eigenvalue weighted by atomic mass is 32.1. The van der Waals surface area contributed by atoms with Crippen molar-refractivity contribution in [3.63, 3.8) is 0 Å². The topological polar surface area (TPSA) is 110 Å². The van der Waals surface area contributed by atoms with Gasteiger partial charge in [0.15, 0.2) is 11.7 Å². The Morgan fingerprint density at radius 1 is 1.00 bits per heavy atom. The van der Waals surface area contributed by atoms with Crippen molar-refractivity contribution in [1.29, 1.82) is 0 Å². The summed E-state index contributed by atoms with van der Waals surface area (Å²) in [5.41, 5.74) is 4.89. The second-order valence-corrected chi connectivity index (χ2v) is 8.95. The lowest BCUT2D eigenvalue weighted by Crippen LogP contribution is -2.45. The van der Waals surface area contributed by atoms with Crippen LogP contribution in [-0.2, 0) is 14.3 Å². The maximum Gasteiger partial charge on any atom is 0.338 e. The zero-order chi connectivity index (χ0) is 27.8. The van der Waals surface area contributed by atoms with Crippen LogP contribution >= 0.6 is 12.2 Å². The minimum atomic E-state index is -0.613. The molecule has 0 fully saturated rings. The van der Waals surface area contributed by atoms with Crippen LogP contribution < -0.4 is 25.5 Å². The van der Waals surface area contributed by atoms with E-state index < -0.39 is 17.9 Å². The van der Waals surface area contributed by atoms with Gasteiger partial charge in [0.2, 0.25) is 0 Å². The van der Waals surface area contributed by atoms with E-state index in [4.69, 9.17) is 26.4 Å². The molecule has 3 aromatic carbocycles. The van der Waals surface area contributed by atoms with Gasteiger partial charge >= 0.3 is 5.97 Å². The van der Waals surface area contributed by atoms with Crippen LogP contribution in [0.3, 0.4) is 0 Å². The Balaban J connectivity index is 1.49. The Morgan fingerprint density at radius 3 is 2.56 bits per heavy atom. The number of nitrogens with zero attached hydrogens (tertiary/aromatic N) is 1. The first-order chi connectivity index (χ1) is 18.9. The highest BCUT2D eigenvalue weighted by Gasteiger charge is 2.32. The Labute approximate surface area is 232 Å². The van der Waals surface area contributed by atoms with E-state index in [-0.39, 0.29) is 13.2 Å². The van der Waals surface area contributed by atoms with Crippen LogP contribution in [0.4, 0.5) is 0 Å². The van der Waals surface area contributed by atoms with Crippen molar-refractivity contribution in [2.24, 2.45) is 5.10 Å². The predicted molar refractivity (Wildman–Crippen MR) is 154 cm³/mol. The molecule has 0 radical (unpaired) electrons. The SMILES string of the molecule is CCOC(=O)C1=C(C)NC(=S)N[C@@H]1c1ccccc1OCC(=O)NN=Cc1c(OCC)ccc2ccccc12. The van der Waals surface area contributed by atoms with Gasteiger partial charge in [-0.05, 0) is 55.9 Å². The summed E-state index contributed by atoms with van der Waals surface area (Å²) >= 11 is 5.32. The van der Waals surface area contributed by atoms with Crippen LogP contribution in [0.25, 0.3) is 10.8 Å². The Hall–Kier alpha value is -4.44. The number of esters is 1. The molecule has 0 spiro atoms. The molecule has 0 aliphatic carbocycles. The van der Waals surface area contributed by atoms with E-state index in [2.05, 4.69) is 21.2 Å². The molecule has 1 atom stereocenters. The van der Waals surface area contributed by atoms with Crippen molar-refractivity contribution in [3.8, 4) is 11.5 Å². The fourth-order valence-corrected chi connectivity index (χ4v) is 4.56. The second-order valence-electron chi connectivity index (χ2n) is 8.54. The molecule has 1 amide bonds. The zero-order valence-electron chi connectivity index (χ0n) is 21.9. The third kappa shape index (κ3) is 6.53. The lowest BCUT2D eigenvalue weighted by Gasteiger charge is -2.30. The van der Waals surface area contributed by atoms with Gasteiger partial charge in [-0.1, -0.05) is 48.5 Å². The number of carbonyl (C=O) groups excluding carboxylic acids is 2. The van der Waals surface area contributed by atoms with Gasteiger partial charge in [0, 0.05) is 16.8 Å². The van der Waals surface area contributed by atoms with E-state index in [1.165, 1.54) is 0 Å². The molecule has 3 aromatic rings. The number of ether oxygens (including phenoxy) is 3. The number of rotatable bonds is 10. The number of amides is 1. The van der Waals surface area contributed by atoms with Crippen LogP contribution in [0.5, 0.6) is 11.5 Å². The Bertz CT molecular complexity index is 1450. The number of benzene rings is 3. The molecule has 0 aromatic heterocycles. The summed E-state index contributed by atoms with van der Waals surface area (Å²) in [4.78, 5) is 25.3. The molecule has 0 bridgehead atoms. The number of allylic oxidation sites excluding steroid dienone is 1. The number of hydrogen-bond acceptors (Lipinski definition) is 7. The zero-order valence-corrected chi connectivity index (χ0v) is 22.8. The highest BCUT2D eigenvalue weighted by molar-refractivity contribution is 7.80. The molecule has 9 nitrogen and oxygen atoms in total. The van der Waals surface area contributed by atoms with E-state index in [1.807, 2.05) is 49.4 Å². The van der Waals surface area contributed by atoms with E-state index in [9.17, 15) is 9.59 Å². The first-order valence-corrected chi connectivity index (χ1v) is 13.0. The monoisotopic (exact) mass is 546 g/mol. The lowest BCUT2D eigenvalue weighted by atomic mass is 9.95. The summed E-state index contributed by atoms with van der Waals surface area (Å²) in [5, 5.41) is 12.6. The number of hydrogen-bond donors (Lipinski definition) is 3. The molecule has 4 rings (SSSR count). The highest BCUT2D eigenvalue weighted by Crippen LogP contribution is 2.33. The van der Waals surface area contributed by atoms with Crippen molar-refractivity contribution in [2.75, 3.05) is 19.8 Å². The van der Waals surface area contributed by atoms with Gasteiger partial charge in [0.1, 0.15) is 11.5 Å². The van der Waals surface area contributed by atoms with Gasteiger partial charge in [-0.3, -0.25) is 4.79 Å². The maximum absolute atomic E-state index is 12.7. The van der Waals surface area contributed by atoms with E-state index in [1.54, 1.807) is 38.3 Å². The molecule has 1 aliphatic rings. The van der Waals surface area contributed by atoms with Crippen molar-refractivity contribution in [2.45, 2.75) is 26.8 Å². The number of fused-ring (bicyclic) bond motifs is 1. The van der Waals surface area contributed by atoms with Crippen molar-refractivity contribution < 1.29 is 23.8 Å². The molecule has 0 saturated carbocycles. The molecule has 10 heteroatoms. The van der Waals surface area contributed by atoms with Crippen LogP contribution in [-0.4, -0.2) is 43.0 Å². The molecule has 3 N–H and O–H groups in total. The summed E-state index contributed by atoms with van der Waals surface area (Å²) in [6.45, 7) is 5.85. The molecule has 202 valence electrons. The van der Waals surface area contributed by atoms with E-state index >= 15 is 0 Å². The number of hydrazone groups is 1. The minimum Gasteiger partial charge on any atom is -0.493 e. The smallest absolute Gasteiger partial charge is 0.338 e. The molecular weight excluding hydrogens is 516 g/mol. The fraction of sp³-hybridized carbons (Fsp3) is 0.241. The van der Waals surface area contributed by atoms with Crippen molar-refractivity contribution in [1.82, 2.24) is 16.1 Å². The summed E-state index contributed by atoms with van der Waals surface area (Å²) in [6, 6.07) is 18.3. The average Bonchev–Trinajstić information content (AvgIpc) is 2.92. The lowest BCUT2D eigenvalue weighted by molar-refractivity contribution is -0.139. The number of para-hydroxylation sites is 1. The molecule has 0 saturated heterocycles. The van der Waals surface area contributed by atoms with Crippen molar-refractivity contribution >= 4 is 46.2 Å². The first-order valence-electron chi connectivity index (χ1n) is 12.6. The summed E-state index contributed by atoms with van der Waals surface area (Å²) in [7, 11) is 0. The summed E-state index contributed by atoms with van der Waals surface area (Å²) < 4.78 is 16.9. The molecular formula is C29H30N4O5S. The minimum absolute atomic E-state index is 0.233. The van der Waals surface area contributed by atoms with Gasteiger partial charge in [0.05, 0.1) is 31.0 Å². The number of carbonyl (C=O) groups is 2. The van der Waals surface area contributed by atoms with E-state index in [0.29, 0.717) is 40.1 Å². The number of thiocarbonyl (C=S) groups is 1. The molecule has 1 aliphatic heterocycles. The third-order valence-electron chi connectivity index (χ3n) is 5.97. The predicted octanol–water partition coefficient (Wildman–Crippen LogP) is 4.12. The molecule has 39 heavy (non-hydrogen) atoms. The average molecular weight is 547 g/mol. The molecule has 0 unspecified atom stereocenters. The largest absolute Gasteiger partial charge is 0.493 e. The summed E-state index contributed by atoms with van der Waals surface area (Å²) in [6.07, 6.45) is 1.57. The Morgan fingerprint density at radius 2 is 1.77 bits per heavy atom. The first kappa shape index (κ1) is 27.6. The van der Waals surface area contributed by atoms with Gasteiger partial charge in [0.25, 0.3) is 5.91 Å². The van der Waals surface area contributed by atoms with Crippen LogP contribution in [0.1, 0.15) is 37.9 Å². The van der Waals surface area contributed by atoms with Crippen LogP contribution in [0, 0.1) is 0 Å². The normalized spacial score (nSPS) is 15.1. The molecule has 1 heterocycles. The third-order valence-corrected chi connectivity index (χ3v) is 6.19. The fourth-order valence-electron chi connectivity index (χ4n) is 4.29. The maximum atomic E-state index is 12.7. The standard InChI is InChI=1S/C29H30N4O5S/c1-4-36-24-15-14-19-10-6-7-11-20(19)22(24)16-30-33-25(34)17-38-23-13-9-8-12-21(23)27-26(28(35)37-5-2)18(3)31-29(39)32-27/h6-16,27H,4-5,17H2,1-3H3,(H,33,34)(H2,31,32,39)/t27-/m1/s1. The summed E-state index contributed by atoms with van der Waals surface area (Å²) in [5.74, 6) is 0.170. The van der Waals surface area contributed by atoms with Gasteiger partial charge in [-0.2, -0.15) is 5.10 Å². The van der Waals surface area contributed by atoms with Gasteiger partial charge in [-0.15, -0.1) is 0 Å². The number of nitrogens with one attached hydrogen (secondary N) is 3. The quantitative estimate of drug-likeness (QED) is 0.151. The van der Waals surface area contributed by atoms with Gasteiger partial charge in [-0.25, -0.2) is 10.2 Å². The Kier molecular flexibility index (Phi) is 9.11. The second kappa shape index (κ2) is 12.9.